The highest BCUT2D eigenvalue weighted by atomic mass is 16.7. The normalized spacial score (nSPS) is 23.1. The third kappa shape index (κ3) is 7.05. The summed E-state index contributed by atoms with van der Waals surface area (Å²) in [7, 11) is 3.95. The van der Waals surface area contributed by atoms with E-state index in [1.807, 2.05) is 27.8 Å². The predicted octanol–water partition coefficient (Wildman–Crippen LogP) is 3.50. The zero-order valence-corrected chi connectivity index (χ0v) is 17.4. The summed E-state index contributed by atoms with van der Waals surface area (Å²) in [5.74, 6) is 0.655. The highest BCUT2D eigenvalue weighted by Crippen LogP contribution is 2.30. The molecule has 0 aromatic carbocycles. The van der Waals surface area contributed by atoms with Crippen molar-refractivity contribution in [3.63, 3.8) is 0 Å². The first kappa shape index (κ1) is 21.5. The first-order valence-corrected chi connectivity index (χ1v) is 10.1. The Balaban J connectivity index is 0.000000195. The minimum Gasteiger partial charge on any atom is -0.444 e. The maximum Gasteiger partial charge on any atom is 0.410 e. The molecule has 0 radical (unpaired) electrons. The molecule has 3 aliphatic rings. The van der Waals surface area contributed by atoms with Gasteiger partial charge in [0.2, 0.25) is 0 Å². The van der Waals surface area contributed by atoms with Gasteiger partial charge >= 0.3 is 6.09 Å². The van der Waals surface area contributed by atoms with E-state index in [0.717, 1.165) is 58.0 Å². The Bertz CT molecular complexity index is 430. The number of nitrogens with zero attached hydrogens (tertiary/aromatic N) is 2. The van der Waals surface area contributed by atoms with Crippen molar-refractivity contribution in [3.8, 4) is 0 Å². The monoisotopic (exact) mass is 370 g/mol. The van der Waals surface area contributed by atoms with Gasteiger partial charge in [-0.25, -0.2) is 4.79 Å². The molecule has 0 bridgehead atoms. The molecule has 0 aromatic rings. The molecule has 1 saturated carbocycles. The summed E-state index contributed by atoms with van der Waals surface area (Å²) < 4.78 is 16.4. The number of hydrogen-bond donors (Lipinski definition) is 0. The number of piperidine rings is 1. The van der Waals surface area contributed by atoms with Crippen molar-refractivity contribution in [2.45, 2.75) is 70.7 Å². The van der Waals surface area contributed by atoms with E-state index >= 15 is 0 Å². The summed E-state index contributed by atoms with van der Waals surface area (Å²) in [5.41, 5.74) is -0.387. The van der Waals surface area contributed by atoms with Crippen LogP contribution in [0.15, 0.2) is 0 Å². The Morgan fingerprint density at radius 1 is 1.19 bits per heavy atom. The lowest BCUT2D eigenvalue weighted by atomic mass is 9.83. The zero-order valence-electron chi connectivity index (χ0n) is 17.4. The van der Waals surface area contributed by atoms with Crippen LogP contribution in [0, 0.1) is 5.92 Å². The lowest BCUT2D eigenvalue weighted by Gasteiger charge is -2.35. The molecule has 0 N–H and O–H groups in total. The van der Waals surface area contributed by atoms with Crippen LogP contribution in [0.2, 0.25) is 0 Å². The molecule has 26 heavy (non-hydrogen) atoms. The molecule has 0 unspecified atom stereocenters. The van der Waals surface area contributed by atoms with Crippen molar-refractivity contribution in [2.24, 2.45) is 5.92 Å². The van der Waals surface area contributed by atoms with Gasteiger partial charge in [-0.1, -0.05) is 19.3 Å². The Labute approximate surface area is 159 Å². The predicted molar refractivity (Wildman–Crippen MR) is 102 cm³/mol. The number of amides is 1. The van der Waals surface area contributed by atoms with E-state index in [9.17, 15) is 4.79 Å². The van der Waals surface area contributed by atoms with Crippen LogP contribution in [0.1, 0.15) is 59.3 Å². The van der Waals surface area contributed by atoms with Crippen molar-refractivity contribution in [3.05, 3.63) is 0 Å². The van der Waals surface area contributed by atoms with Crippen molar-refractivity contribution >= 4 is 6.09 Å². The van der Waals surface area contributed by atoms with E-state index in [1.165, 1.54) is 19.3 Å². The summed E-state index contributed by atoms with van der Waals surface area (Å²) >= 11 is 0. The van der Waals surface area contributed by atoms with Crippen LogP contribution in [-0.4, -0.2) is 74.2 Å². The Morgan fingerprint density at radius 3 is 2.23 bits per heavy atom. The fourth-order valence-corrected chi connectivity index (χ4v) is 3.33. The van der Waals surface area contributed by atoms with Gasteiger partial charge in [-0.05, 0) is 40.2 Å². The molecule has 0 atom stereocenters. The molecule has 3 rings (SSSR count). The van der Waals surface area contributed by atoms with Gasteiger partial charge in [0, 0.05) is 39.5 Å². The number of carbonyl (C=O) groups excluding carboxylic acids is 1. The van der Waals surface area contributed by atoms with Crippen molar-refractivity contribution in [1.82, 2.24) is 9.80 Å². The minimum absolute atomic E-state index is 0.188. The molecule has 1 spiro atoms. The molecule has 1 amide bonds. The van der Waals surface area contributed by atoms with E-state index in [-0.39, 0.29) is 17.5 Å². The van der Waals surface area contributed by atoms with Gasteiger partial charge in [0.1, 0.15) is 5.60 Å². The number of ether oxygens (including phenoxy) is 3. The van der Waals surface area contributed by atoms with Crippen molar-refractivity contribution in [2.75, 3.05) is 46.9 Å². The third-order valence-electron chi connectivity index (χ3n) is 5.37. The van der Waals surface area contributed by atoms with Crippen LogP contribution >= 0.6 is 0 Å². The van der Waals surface area contributed by atoms with Gasteiger partial charge in [-0.2, -0.15) is 0 Å². The maximum atomic E-state index is 11.6. The number of carbonyl (C=O) groups is 1. The van der Waals surface area contributed by atoms with E-state index in [4.69, 9.17) is 14.2 Å². The van der Waals surface area contributed by atoms with Gasteiger partial charge in [-0.15, -0.1) is 0 Å². The number of likely N-dealkylation sites (tertiary alicyclic amines) is 1. The topological polar surface area (TPSA) is 51.2 Å². The molecule has 1 aliphatic carbocycles. The standard InChI is InChI=1S/C12H23NO2.C8H15NO2/c1-12(2,3)15-11(14)13(4)9-8-10-6-5-7-10;1-9-4-2-8(3-5-9)10-6-7-11-8/h10H,5-9H2,1-4H3;2-7H2,1H3. The SMILES string of the molecule is CN(CCC1CCC1)C(=O)OC(C)(C)C.CN1CCC2(CC1)OCCO2. The van der Waals surface area contributed by atoms with Gasteiger partial charge < -0.3 is 24.0 Å². The van der Waals surface area contributed by atoms with Gasteiger partial charge in [0.05, 0.1) is 13.2 Å². The summed E-state index contributed by atoms with van der Waals surface area (Å²) in [6.07, 6.45) is 7.01. The number of rotatable bonds is 3. The zero-order chi connectivity index (χ0) is 19.2. The largest absolute Gasteiger partial charge is 0.444 e. The lowest BCUT2D eigenvalue weighted by Crippen LogP contribution is -2.43. The second-order valence-electron chi connectivity index (χ2n) is 8.90. The highest BCUT2D eigenvalue weighted by Gasteiger charge is 2.38. The fourth-order valence-electron chi connectivity index (χ4n) is 3.33. The van der Waals surface area contributed by atoms with Crippen LogP contribution in [-0.2, 0) is 14.2 Å². The molecule has 6 nitrogen and oxygen atoms in total. The Hall–Kier alpha value is -0.850. The molecule has 3 fully saturated rings. The van der Waals surface area contributed by atoms with Gasteiger partial charge in [-0.3, -0.25) is 0 Å². The summed E-state index contributed by atoms with van der Waals surface area (Å²) in [6, 6.07) is 0. The van der Waals surface area contributed by atoms with Crippen LogP contribution < -0.4 is 0 Å². The Kier molecular flexibility index (Phi) is 7.74. The summed E-state index contributed by atoms with van der Waals surface area (Å²) in [5, 5.41) is 0. The van der Waals surface area contributed by atoms with E-state index in [0.29, 0.717) is 0 Å². The van der Waals surface area contributed by atoms with Crippen LogP contribution in [0.25, 0.3) is 0 Å². The van der Waals surface area contributed by atoms with Gasteiger partial charge in [0.25, 0.3) is 0 Å². The molecule has 6 heteroatoms. The second-order valence-corrected chi connectivity index (χ2v) is 8.90. The first-order chi connectivity index (χ1) is 12.2. The number of hydrogen-bond acceptors (Lipinski definition) is 5. The third-order valence-corrected chi connectivity index (χ3v) is 5.37. The van der Waals surface area contributed by atoms with Crippen LogP contribution in [0.4, 0.5) is 4.79 Å². The first-order valence-electron chi connectivity index (χ1n) is 10.1. The van der Waals surface area contributed by atoms with Crippen molar-refractivity contribution in [1.29, 1.82) is 0 Å². The molecular weight excluding hydrogens is 332 g/mol. The lowest BCUT2D eigenvalue weighted by molar-refractivity contribution is -0.183. The Morgan fingerprint density at radius 2 is 1.77 bits per heavy atom. The highest BCUT2D eigenvalue weighted by molar-refractivity contribution is 5.67. The quantitative estimate of drug-likeness (QED) is 0.761. The minimum atomic E-state index is -0.387. The maximum absolute atomic E-state index is 11.6. The fraction of sp³-hybridized carbons (Fsp3) is 0.950. The molecule has 0 aromatic heterocycles. The van der Waals surface area contributed by atoms with Gasteiger partial charge in [0.15, 0.2) is 5.79 Å². The molecule has 152 valence electrons. The van der Waals surface area contributed by atoms with Crippen LogP contribution in [0.5, 0.6) is 0 Å². The van der Waals surface area contributed by atoms with Crippen LogP contribution in [0.3, 0.4) is 0 Å². The summed E-state index contributed by atoms with van der Waals surface area (Å²) in [4.78, 5) is 15.6. The molecule has 2 heterocycles. The summed E-state index contributed by atoms with van der Waals surface area (Å²) in [6.45, 7) is 10.3. The average molecular weight is 371 g/mol. The van der Waals surface area contributed by atoms with E-state index in [1.54, 1.807) is 4.90 Å². The smallest absolute Gasteiger partial charge is 0.410 e. The van der Waals surface area contributed by atoms with E-state index < -0.39 is 0 Å². The van der Waals surface area contributed by atoms with E-state index in [2.05, 4.69) is 11.9 Å². The second kappa shape index (κ2) is 9.38. The molecule has 2 aliphatic heterocycles. The van der Waals surface area contributed by atoms with Crippen molar-refractivity contribution < 1.29 is 19.0 Å². The molecule has 2 saturated heterocycles. The molecular formula is C20H38N2O4. The average Bonchev–Trinajstić information content (AvgIpc) is 2.96.